The van der Waals surface area contributed by atoms with E-state index in [1.165, 1.54) is 16.9 Å². The van der Waals surface area contributed by atoms with Gasteiger partial charge in [-0.05, 0) is 31.9 Å². The molecule has 1 aliphatic rings. The minimum absolute atomic E-state index is 0.124. The number of aromatic nitrogens is 3. The van der Waals surface area contributed by atoms with Gasteiger partial charge in [0.05, 0.1) is 10.8 Å². The van der Waals surface area contributed by atoms with Crippen LogP contribution in [0.25, 0.3) is 5.65 Å². The topological polar surface area (TPSA) is 59.3 Å². The van der Waals surface area contributed by atoms with E-state index in [4.69, 9.17) is 0 Å². The Hall–Kier alpha value is -1.77. The molecule has 0 unspecified atom stereocenters. The third kappa shape index (κ3) is 4.26. The number of halogens is 3. The van der Waals surface area contributed by atoms with E-state index >= 15 is 0 Å². The summed E-state index contributed by atoms with van der Waals surface area (Å²) in [4.78, 5) is 12.3. The molecule has 3 rings (SSSR count). The van der Waals surface area contributed by atoms with Crippen molar-refractivity contribution in [1.82, 2.24) is 19.9 Å². The molecule has 1 atom stereocenters. The van der Waals surface area contributed by atoms with Gasteiger partial charge in [0.2, 0.25) is 5.91 Å². The highest BCUT2D eigenvalue weighted by atomic mass is 32.2. The van der Waals surface area contributed by atoms with Gasteiger partial charge < -0.3 is 5.32 Å². The first-order chi connectivity index (χ1) is 11.8. The van der Waals surface area contributed by atoms with E-state index in [0.717, 1.165) is 49.7 Å². The van der Waals surface area contributed by atoms with Crippen LogP contribution in [0.4, 0.5) is 13.2 Å². The predicted octanol–water partition coefficient (Wildman–Crippen LogP) is 3.68. The van der Waals surface area contributed by atoms with E-state index in [0.29, 0.717) is 5.65 Å². The lowest BCUT2D eigenvalue weighted by molar-refractivity contribution is -0.137. The standard InChI is InChI=1S/C16H19F3N4OS/c1-10(14(24)20-12-5-3-2-4-6-12)25-15-22-21-13-8-7-11(9-23(13)15)16(17,18)19/h7-10,12H,2-6H2,1H3,(H,20,24)/t10-/m1/s1. The lowest BCUT2D eigenvalue weighted by Crippen LogP contribution is -2.40. The van der Waals surface area contributed by atoms with Crippen LogP contribution in [0.15, 0.2) is 23.5 Å². The number of carbonyl (C=O) groups is 1. The van der Waals surface area contributed by atoms with Crippen LogP contribution in [0, 0.1) is 0 Å². The number of thioether (sulfide) groups is 1. The van der Waals surface area contributed by atoms with Gasteiger partial charge in [-0.15, -0.1) is 10.2 Å². The molecule has 1 saturated carbocycles. The zero-order valence-corrected chi connectivity index (χ0v) is 14.5. The zero-order valence-electron chi connectivity index (χ0n) is 13.7. The van der Waals surface area contributed by atoms with Crippen molar-refractivity contribution in [2.45, 2.75) is 61.7 Å². The summed E-state index contributed by atoms with van der Waals surface area (Å²) in [6, 6.07) is 2.43. The van der Waals surface area contributed by atoms with Gasteiger partial charge in [-0.2, -0.15) is 13.2 Å². The molecule has 0 spiro atoms. The molecule has 136 valence electrons. The molecule has 0 saturated heterocycles. The average molecular weight is 372 g/mol. The second kappa shape index (κ2) is 7.23. The van der Waals surface area contributed by atoms with Gasteiger partial charge in [-0.25, -0.2) is 0 Å². The molecule has 9 heteroatoms. The summed E-state index contributed by atoms with van der Waals surface area (Å²) >= 11 is 1.11. The molecule has 2 aromatic rings. The van der Waals surface area contributed by atoms with Gasteiger partial charge in [-0.1, -0.05) is 31.0 Å². The first-order valence-electron chi connectivity index (χ1n) is 8.23. The monoisotopic (exact) mass is 372 g/mol. The van der Waals surface area contributed by atoms with Crippen molar-refractivity contribution < 1.29 is 18.0 Å². The molecule has 1 N–H and O–H groups in total. The van der Waals surface area contributed by atoms with Crippen LogP contribution in [0.5, 0.6) is 0 Å². The van der Waals surface area contributed by atoms with Gasteiger partial charge >= 0.3 is 6.18 Å². The molecule has 1 aliphatic carbocycles. The summed E-state index contributed by atoms with van der Waals surface area (Å²) in [5, 5.41) is 10.6. The number of nitrogens with zero attached hydrogens (tertiary/aromatic N) is 3. The van der Waals surface area contributed by atoms with Crippen LogP contribution in [0.1, 0.15) is 44.6 Å². The Labute approximate surface area is 147 Å². The Bertz CT molecular complexity index is 755. The fourth-order valence-corrected chi connectivity index (χ4v) is 3.73. The van der Waals surface area contributed by atoms with Gasteiger partial charge in [0.25, 0.3) is 0 Å². The highest BCUT2D eigenvalue weighted by Crippen LogP contribution is 2.31. The van der Waals surface area contributed by atoms with Crippen molar-refractivity contribution in [3.05, 3.63) is 23.9 Å². The van der Waals surface area contributed by atoms with Crippen molar-refractivity contribution in [3.63, 3.8) is 0 Å². The minimum atomic E-state index is -4.44. The van der Waals surface area contributed by atoms with Crippen molar-refractivity contribution in [2.75, 3.05) is 0 Å². The van der Waals surface area contributed by atoms with Crippen LogP contribution < -0.4 is 5.32 Å². The van der Waals surface area contributed by atoms with Gasteiger partial charge in [0.1, 0.15) is 0 Å². The average Bonchev–Trinajstić information content (AvgIpc) is 2.97. The van der Waals surface area contributed by atoms with Gasteiger partial charge in [-0.3, -0.25) is 9.20 Å². The summed E-state index contributed by atoms with van der Waals surface area (Å²) in [6.45, 7) is 1.72. The van der Waals surface area contributed by atoms with E-state index in [-0.39, 0.29) is 17.1 Å². The van der Waals surface area contributed by atoms with E-state index in [9.17, 15) is 18.0 Å². The molecule has 2 aromatic heterocycles. The predicted molar refractivity (Wildman–Crippen MR) is 88.3 cm³/mol. The molecule has 0 aromatic carbocycles. The summed E-state index contributed by atoms with van der Waals surface area (Å²) < 4.78 is 39.9. The number of fused-ring (bicyclic) bond motifs is 1. The number of hydrogen-bond acceptors (Lipinski definition) is 4. The second-order valence-electron chi connectivity index (χ2n) is 6.23. The summed E-state index contributed by atoms with van der Waals surface area (Å²) in [5.74, 6) is -0.124. The Morgan fingerprint density at radius 2 is 2.00 bits per heavy atom. The lowest BCUT2D eigenvalue weighted by atomic mass is 9.95. The Balaban J connectivity index is 1.72. The molecular weight excluding hydrogens is 353 g/mol. The summed E-state index contributed by atoms with van der Waals surface area (Å²) in [6.07, 6.45) is 1.90. The molecule has 0 aliphatic heterocycles. The maximum atomic E-state index is 12.9. The van der Waals surface area contributed by atoms with Crippen LogP contribution in [-0.2, 0) is 11.0 Å². The molecule has 25 heavy (non-hydrogen) atoms. The van der Waals surface area contributed by atoms with Crippen molar-refractivity contribution in [3.8, 4) is 0 Å². The third-order valence-corrected chi connectivity index (χ3v) is 5.36. The lowest BCUT2D eigenvalue weighted by Gasteiger charge is -2.24. The number of pyridine rings is 1. The maximum Gasteiger partial charge on any atom is 0.417 e. The minimum Gasteiger partial charge on any atom is -0.352 e. The van der Waals surface area contributed by atoms with Crippen LogP contribution in [0.3, 0.4) is 0 Å². The molecule has 5 nitrogen and oxygen atoms in total. The van der Waals surface area contributed by atoms with Crippen LogP contribution in [0.2, 0.25) is 0 Å². The van der Waals surface area contributed by atoms with E-state index in [1.807, 2.05) is 0 Å². The molecule has 1 fully saturated rings. The second-order valence-corrected chi connectivity index (χ2v) is 7.54. The maximum absolute atomic E-state index is 12.9. The molecular formula is C16H19F3N4OS. The normalized spacial score (nSPS) is 17.6. The number of hydrogen-bond donors (Lipinski definition) is 1. The molecule has 0 bridgehead atoms. The highest BCUT2D eigenvalue weighted by Gasteiger charge is 2.31. The van der Waals surface area contributed by atoms with Crippen LogP contribution in [-0.4, -0.2) is 31.8 Å². The number of rotatable bonds is 4. The quantitative estimate of drug-likeness (QED) is 0.832. The first-order valence-corrected chi connectivity index (χ1v) is 9.11. The van der Waals surface area contributed by atoms with Crippen molar-refractivity contribution in [2.24, 2.45) is 0 Å². The SMILES string of the molecule is C[C@@H](Sc1nnc2ccc(C(F)(F)F)cn12)C(=O)NC1CCCCC1. The fourth-order valence-electron chi connectivity index (χ4n) is 2.89. The number of carbonyl (C=O) groups excluding carboxylic acids is 1. The van der Waals surface area contributed by atoms with Crippen molar-refractivity contribution in [1.29, 1.82) is 0 Å². The fraction of sp³-hybridized carbons (Fsp3) is 0.562. The molecule has 2 heterocycles. The van der Waals surface area contributed by atoms with E-state index in [1.54, 1.807) is 6.92 Å². The summed E-state index contributed by atoms with van der Waals surface area (Å²) in [7, 11) is 0. The highest BCUT2D eigenvalue weighted by molar-refractivity contribution is 8.00. The van der Waals surface area contributed by atoms with Crippen molar-refractivity contribution >= 4 is 23.3 Å². The molecule has 0 radical (unpaired) electrons. The number of alkyl halides is 3. The van der Waals surface area contributed by atoms with E-state index < -0.39 is 17.0 Å². The first kappa shape index (κ1) is 18.0. The summed E-state index contributed by atoms with van der Waals surface area (Å²) in [5.41, 5.74) is -0.462. The Kier molecular flexibility index (Phi) is 5.21. The largest absolute Gasteiger partial charge is 0.417 e. The third-order valence-electron chi connectivity index (χ3n) is 4.30. The number of nitrogens with one attached hydrogen (secondary N) is 1. The van der Waals surface area contributed by atoms with Gasteiger partial charge in [0.15, 0.2) is 10.8 Å². The Morgan fingerprint density at radius 3 is 2.68 bits per heavy atom. The van der Waals surface area contributed by atoms with Crippen LogP contribution >= 0.6 is 11.8 Å². The van der Waals surface area contributed by atoms with E-state index in [2.05, 4.69) is 15.5 Å². The Morgan fingerprint density at radius 1 is 1.28 bits per heavy atom. The molecule has 1 amide bonds. The number of amides is 1. The zero-order chi connectivity index (χ0) is 18.0. The smallest absolute Gasteiger partial charge is 0.352 e. The van der Waals surface area contributed by atoms with Gasteiger partial charge in [0, 0.05) is 12.2 Å².